The van der Waals surface area contributed by atoms with Gasteiger partial charge in [0.25, 0.3) is 0 Å². The highest BCUT2D eigenvalue weighted by Gasteiger charge is 2.49. The highest BCUT2D eigenvalue weighted by atomic mass is 16.5. The molecule has 0 radical (unpaired) electrons. The summed E-state index contributed by atoms with van der Waals surface area (Å²) in [5.74, 6) is 1.37. The minimum absolute atomic E-state index is 0.0384. The number of Topliss-reactive ketones (excluding diaryl/α,β-unsaturated/α-hetero) is 2. The Balaban J connectivity index is 1.67. The third-order valence-corrected chi connectivity index (χ3v) is 7.67. The molecule has 1 aliphatic heterocycles. The second-order valence-corrected chi connectivity index (χ2v) is 10.1. The van der Waals surface area contributed by atoms with Crippen molar-refractivity contribution >= 4 is 23.1 Å². The number of ketones is 2. The summed E-state index contributed by atoms with van der Waals surface area (Å²) in [7, 11) is 5.91. The SMILES string of the molecule is C[C@H](Oc1cc(N(C)C)nc(C(N)=C2CCC[C@@]3(CCCCC3=O)C2=O)n1)[C@@H]1CCCN1C. The van der Waals surface area contributed by atoms with Gasteiger partial charge in [-0.15, -0.1) is 0 Å². The predicted octanol–water partition coefficient (Wildman–Crippen LogP) is 2.96. The van der Waals surface area contributed by atoms with E-state index in [0.29, 0.717) is 54.8 Å². The van der Waals surface area contributed by atoms with Crippen LogP contribution in [0, 0.1) is 5.41 Å². The molecular formula is C25H37N5O3. The Kier molecular flexibility index (Phi) is 6.75. The van der Waals surface area contributed by atoms with E-state index in [2.05, 4.69) is 28.8 Å². The summed E-state index contributed by atoms with van der Waals surface area (Å²) >= 11 is 0. The Labute approximate surface area is 196 Å². The molecule has 2 heterocycles. The summed E-state index contributed by atoms with van der Waals surface area (Å²) in [6, 6.07) is 2.14. The van der Waals surface area contributed by atoms with Crippen LogP contribution >= 0.6 is 0 Å². The molecule has 0 unspecified atom stereocenters. The summed E-state index contributed by atoms with van der Waals surface area (Å²) in [5.41, 5.74) is 6.43. The van der Waals surface area contributed by atoms with Gasteiger partial charge in [-0.05, 0) is 65.5 Å². The first-order valence-electron chi connectivity index (χ1n) is 12.2. The third kappa shape index (κ3) is 4.50. The van der Waals surface area contributed by atoms with Gasteiger partial charge in [0.05, 0.1) is 11.1 Å². The topological polar surface area (TPSA) is 102 Å². The monoisotopic (exact) mass is 455 g/mol. The van der Waals surface area contributed by atoms with E-state index in [1.807, 2.05) is 25.1 Å². The number of likely N-dealkylation sites (tertiary alicyclic amines) is 1. The van der Waals surface area contributed by atoms with Gasteiger partial charge in [0, 0.05) is 38.2 Å². The fourth-order valence-corrected chi connectivity index (χ4v) is 5.69. The molecule has 2 aliphatic carbocycles. The highest BCUT2D eigenvalue weighted by molar-refractivity contribution is 6.17. The molecule has 3 atom stereocenters. The lowest BCUT2D eigenvalue weighted by molar-refractivity contribution is -0.143. The average molecular weight is 456 g/mol. The van der Waals surface area contributed by atoms with E-state index in [9.17, 15) is 9.59 Å². The molecule has 2 N–H and O–H groups in total. The maximum atomic E-state index is 13.6. The molecule has 8 nitrogen and oxygen atoms in total. The molecule has 3 aliphatic rings. The van der Waals surface area contributed by atoms with Crippen LogP contribution in [-0.4, -0.2) is 66.3 Å². The minimum Gasteiger partial charge on any atom is -0.473 e. The van der Waals surface area contributed by atoms with Crippen LogP contribution < -0.4 is 15.4 Å². The quantitative estimate of drug-likeness (QED) is 0.534. The Hall–Kier alpha value is -2.48. The Morgan fingerprint density at radius 3 is 2.61 bits per heavy atom. The van der Waals surface area contributed by atoms with Crippen LogP contribution in [0.25, 0.3) is 5.70 Å². The van der Waals surface area contributed by atoms with Gasteiger partial charge in [-0.2, -0.15) is 4.98 Å². The standard InChI is InChI=1S/C25H37N5O3/c1-16(18-10-8-14-30(18)4)33-21-15-20(29(2)3)27-24(28-21)22(26)17-9-7-13-25(23(17)32)12-6-5-11-19(25)31/h15-16,18H,5-14,26H2,1-4H3/t16-,18-,25+/m0/s1. The van der Waals surface area contributed by atoms with E-state index in [-0.39, 0.29) is 23.4 Å². The van der Waals surface area contributed by atoms with Crippen molar-refractivity contribution in [1.82, 2.24) is 14.9 Å². The number of anilines is 1. The first kappa shape index (κ1) is 23.7. The summed E-state index contributed by atoms with van der Waals surface area (Å²) in [6.45, 7) is 3.13. The summed E-state index contributed by atoms with van der Waals surface area (Å²) in [6.07, 6.45) is 7.04. The molecule has 2 saturated carbocycles. The van der Waals surface area contributed by atoms with Crippen molar-refractivity contribution in [3.63, 3.8) is 0 Å². The van der Waals surface area contributed by atoms with Crippen molar-refractivity contribution in [3.8, 4) is 5.88 Å². The van der Waals surface area contributed by atoms with E-state index in [1.165, 1.54) is 0 Å². The summed E-state index contributed by atoms with van der Waals surface area (Å²) in [5, 5.41) is 0. The van der Waals surface area contributed by atoms with Crippen LogP contribution in [-0.2, 0) is 9.59 Å². The van der Waals surface area contributed by atoms with Gasteiger partial charge in [0.2, 0.25) is 5.88 Å². The maximum Gasteiger partial charge on any atom is 0.219 e. The number of ether oxygens (including phenoxy) is 1. The molecule has 4 rings (SSSR count). The second kappa shape index (κ2) is 9.41. The largest absolute Gasteiger partial charge is 0.473 e. The van der Waals surface area contributed by atoms with Crippen molar-refractivity contribution < 1.29 is 14.3 Å². The van der Waals surface area contributed by atoms with Gasteiger partial charge in [-0.25, -0.2) is 4.98 Å². The van der Waals surface area contributed by atoms with Gasteiger partial charge >= 0.3 is 0 Å². The van der Waals surface area contributed by atoms with Gasteiger partial charge in [0.15, 0.2) is 11.6 Å². The van der Waals surface area contributed by atoms with Crippen molar-refractivity contribution in [1.29, 1.82) is 0 Å². The van der Waals surface area contributed by atoms with Gasteiger partial charge < -0.3 is 15.4 Å². The van der Waals surface area contributed by atoms with Crippen molar-refractivity contribution in [2.75, 3.05) is 32.6 Å². The molecular weight excluding hydrogens is 418 g/mol. The summed E-state index contributed by atoms with van der Waals surface area (Å²) in [4.78, 5) is 39.8. The van der Waals surface area contributed by atoms with Crippen LogP contribution in [0.4, 0.5) is 5.82 Å². The molecule has 0 bridgehead atoms. The predicted molar refractivity (Wildman–Crippen MR) is 128 cm³/mol. The number of carbonyl (C=O) groups excluding carboxylic acids is 2. The van der Waals surface area contributed by atoms with E-state index < -0.39 is 5.41 Å². The van der Waals surface area contributed by atoms with E-state index in [1.54, 1.807) is 0 Å². The fourth-order valence-electron chi connectivity index (χ4n) is 5.69. The number of hydrogen-bond donors (Lipinski definition) is 1. The zero-order valence-corrected chi connectivity index (χ0v) is 20.4. The van der Waals surface area contributed by atoms with Gasteiger partial charge in [0.1, 0.15) is 17.7 Å². The van der Waals surface area contributed by atoms with Crippen molar-refractivity contribution in [3.05, 3.63) is 17.5 Å². The first-order chi connectivity index (χ1) is 15.7. The third-order valence-electron chi connectivity index (χ3n) is 7.67. The molecule has 3 fully saturated rings. The molecule has 8 heteroatoms. The smallest absolute Gasteiger partial charge is 0.219 e. The van der Waals surface area contributed by atoms with Gasteiger partial charge in [-0.1, -0.05) is 6.42 Å². The van der Waals surface area contributed by atoms with Crippen LogP contribution in [0.15, 0.2) is 11.6 Å². The number of allylic oxidation sites excluding steroid dienone is 1. The Bertz CT molecular complexity index is 955. The fraction of sp³-hybridized carbons (Fsp3) is 0.680. The Morgan fingerprint density at radius 2 is 1.94 bits per heavy atom. The lowest BCUT2D eigenvalue weighted by Gasteiger charge is -2.38. The van der Waals surface area contributed by atoms with E-state index in [4.69, 9.17) is 10.5 Å². The minimum atomic E-state index is -0.892. The van der Waals surface area contributed by atoms with Crippen molar-refractivity contribution in [2.24, 2.45) is 11.1 Å². The number of rotatable bonds is 5. The lowest BCUT2D eigenvalue weighted by Crippen LogP contribution is -2.45. The molecule has 0 amide bonds. The normalized spacial score (nSPS) is 28.8. The number of nitrogens with zero attached hydrogens (tertiary/aromatic N) is 4. The molecule has 1 saturated heterocycles. The summed E-state index contributed by atoms with van der Waals surface area (Å²) < 4.78 is 6.25. The van der Waals surface area contributed by atoms with E-state index >= 15 is 0 Å². The molecule has 33 heavy (non-hydrogen) atoms. The van der Waals surface area contributed by atoms with Gasteiger partial charge in [-0.3, -0.25) is 14.5 Å². The zero-order valence-electron chi connectivity index (χ0n) is 20.4. The number of nitrogens with two attached hydrogens (primary N) is 1. The lowest BCUT2D eigenvalue weighted by atomic mass is 9.62. The molecule has 1 aromatic heterocycles. The van der Waals surface area contributed by atoms with Crippen LogP contribution in [0.2, 0.25) is 0 Å². The van der Waals surface area contributed by atoms with Crippen LogP contribution in [0.1, 0.15) is 70.5 Å². The molecule has 180 valence electrons. The highest BCUT2D eigenvalue weighted by Crippen LogP contribution is 2.45. The van der Waals surface area contributed by atoms with Crippen LogP contribution in [0.3, 0.4) is 0 Å². The second-order valence-electron chi connectivity index (χ2n) is 10.1. The van der Waals surface area contributed by atoms with E-state index in [0.717, 1.165) is 38.6 Å². The Morgan fingerprint density at radius 1 is 1.18 bits per heavy atom. The molecule has 1 aromatic rings. The van der Waals surface area contributed by atoms with Crippen LogP contribution in [0.5, 0.6) is 5.88 Å². The zero-order chi connectivity index (χ0) is 23.8. The molecule has 0 aromatic carbocycles. The first-order valence-corrected chi connectivity index (χ1v) is 12.2. The number of carbonyl (C=O) groups is 2. The average Bonchev–Trinajstić information content (AvgIpc) is 3.22. The number of likely N-dealkylation sites (N-methyl/N-ethyl adjacent to an activating group) is 1. The molecule has 1 spiro atoms. The number of aromatic nitrogens is 2. The number of hydrogen-bond acceptors (Lipinski definition) is 8. The van der Waals surface area contributed by atoms with Crippen molar-refractivity contribution in [2.45, 2.75) is 76.9 Å². The maximum absolute atomic E-state index is 13.6.